The van der Waals surface area contributed by atoms with Crippen LogP contribution >= 0.6 is 0 Å². The van der Waals surface area contributed by atoms with Crippen LogP contribution in [0.15, 0.2) is 12.1 Å². The summed E-state index contributed by atoms with van der Waals surface area (Å²) in [6, 6.07) is 4.09. The van der Waals surface area contributed by atoms with E-state index in [4.69, 9.17) is 0 Å². The Morgan fingerprint density at radius 3 is 2.73 bits per heavy atom. The van der Waals surface area contributed by atoms with E-state index < -0.39 is 5.97 Å². The number of rotatable bonds is 2. The van der Waals surface area contributed by atoms with Crippen molar-refractivity contribution in [3.8, 4) is 0 Å². The lowest BCUT2D eigenvalue weighted by Gasteiger charge is -2.19. The molecular weight excluding hydrogens is 188 g/mol. The molecule has 1 aromatic rings. The molecule has 0 aliphatic heterocycles. The molecule has 80 valence electrons. The zero-order valence-electron chi connectivity index (χ0n) is 9.05. The molecule has 2 heteroatoms. The lowest BCUT2D eigenvalue weighted by atomic mass is 9.85. The maximum atomic E-state index is 11.3. The van der Waals surface area contributed by atoms with Gasteiger partial charge >= 0.3 is 5.97 Å². The van der Waals surface area contributed by atoms with Crippen LogP contribution in [0.5, 0.6) is 0 Å². The second kappa shape index (κ2) is 4.05. The van der Waals surface area contributed by atoms with E-state index in [1.807, 2.05) is 13.0 Å². The summed E-state index contributed by atoms with van der Waals surface area (Å²) in [6.45, 7) is 2.01. The maximum absolute atomic E-state index is 11.3. The zero-order valence-corrected chi connectivity index (χ0v) is 9.05. The van der Waals surface area contributed by atoms with Crippen molar-refractivity contribution in [2.45, 2.75) is 39.0 Å². The summed E-state index contributed by atoms with van der Waals surface area (Å²) in [4.78, 5) is 11.3. The summed E-state index contributed by atoms with van der Waals surface area (Å²) in [7, 11) is 0. The fraction of sp³-hybridized carbons (Fsp3) is 0.462. The van der Waals surface area contributed by atoms with Crippen LogP contribution in [0, 0.1) is 0 Å². The summed E-state index contributed by atoms with van der Waals surface area (Å²) in [5.74, 6) is -0.759. The smallest absolute Gasteiger partial charge is 0.336 e. The summed E-state index contributed by atoms with van der Waals surface area (Å²) < 4.78 is 0. The third-order valence-corrected chi connectivity index (χ3v) is 3.21. The second-order valence-corrected chi connectivity index (χ2v) is 4.10. The van der Waals surface area contributed by atoms with Crippen LogP contribution in [-0.2, 0) is 19.3 Å². The van der Waals surface area contributed by atoms with Gasteiger partial charge in [0.15, 0.2) is 0 Å². The molecule has 0 aromatic heterocycles. The molecule has 0 radical (unpaired) electrons. The lowest BCUT2D eigenvalue weighted by molar-refractivity contribution is 0.0694. The molecule has 0 saturated heterocycles. The predicted octanol–water partition coefficient (Wildman–Crippen LogP) is 2.83. The minimum Gasteiger partial charge on any atom is -0.478 e. The van der Waals surface area contributed by atoms with Gasteiger partial charge in [0.25, 0.3) is 0 Å². The zero-order chi connectivity index (χ0) is 10.8. The molecule has 1 N–H and O–H groups in total. The Kier molecular flexibility index (Phi) is 2.76. The van der Waals surface area contributed by atoms with Crippen molar-refractivity contribution in [2.75, 3.05) is 0 Å². The molecule has 0 saturated carbocycles. The quantitative estimate of drug-likeness (QED) is 0.804. The molecular formula is C13H16O2. The lowest BCUT2D eigenvalue weighted by Crippen LogP contribution is -2.13. The van der Waals surface area contributed by atoms with Crippen LogP contribution in [0.4, 0.5) is 0 Å². The van der Waals surface area contributed by atoms with Crippen molar-refractivity contribution >= 4 is 5.97 Å². The van der Waals surface area contributed by atoms with Gasteiger partial charge in [0, 0.05) is 0 Å². The van der Waals surface area contributed by atoms with Crippen molar-refractivity contribution in [1.29, 1.82) is 0 Å². The molecule has 0 heterocycles. The summed E-state index contributed by atoms with van der Waals surface area (Å²) >= 11 is 0. The van der Waals surface area contributed by atoms with Crippen LogP contribution < -0.4 is 0 Å². The number of hydrogen-bond donors (Lipinski definition) is 1. The van der Waals surface area contributed by atoms with Gasteiger partial charge in [-0.2, -0.15) is 0 Å². The van der Waals surface area contributed by atoms with Crippen LogP contribution in [0.1, 0.15) is 46.8 Å². The summed E-state index contributed by atoms with van der Waals surface area (Å²) in [5.41, 5.74) is 3.89. The van der Waals surface area contributed by atoms with Crippen LogP contribution in [0.2, 0.25) is 0 Å². The van der Waals surface area contributed by atoms with E-state index >= 15 is 0 Å². The minimum atomic E-state index is -0.759. The largest absolute Gasteiger partial charge is 0.478 e. The highest BCUT2D eigenvalue weighted by Crippen LogP contribution is 2.27. The van der Waals surface area contributed by atoms with Gasteiger partial charge in [0.05, 0.1) is 5.56 Å². The Labute approximate surface area is 89.9 Å². The van der Waals surface area contributed by atoms with Crippen LogP contribution in [0.3, 0.4) is 0 Å². The van der Waals surface area contributed by atoms with E-state index in [9.17, 15) is 9.90 Å². The highest BCUT2D eigenvalue weighted by atomic mass is 16.4. The molecule has 0 atom stereocenters. The number of carboxylic acid groups (broad SMARTS) is 1. The highest BCUT2D eigenvalue weighted by molar-refractivity contribution is 5.91. The van der Waals surface area contributed by atoms with Gasteiger partial charge in [-0.15, -0.1) is 0 Å². The number of hydrogen-bond acceptors (Lipinski definition) is 1. The van der Waals surface area contributed by atoms with Crippen molar-refractivity contribution in [2.24, 2.45) is 0 Å². The third kappa shape index (κ3) is 1.76. The number of aryl methyl sites for hydroxylation is 2. The fourth-order valence-electron chi connectivity index (χ4n) is 2.44. The monoisotopic (exact) mass is 204 g/mol. The van der Waals surface area contributed by atoms with Gasteiger partial charge < -0.3 is 5.11 Å². The predicted molar refractivity (Wildman–Crippen MR) is 59.4 cm³/mol. The van der Waals surface area contributed by atoms with E-state index in [1.165, 1.54) is 12.0 Å². The number of carbonyl (C=O) groups is 1. The Hall–Kier alpha value is -1.31. The Morgan fingerprint density at radius 1 is 1.33 bits per heavy atom. The molecule has 2 rings (SSSR count). The molecule has 1 aromatic carbocycles. The first-order chi connectivity index (χ1) is 7.24. The van der Waals surface area contributed by atoms with Gasteiger partial charge in [-0.05, 0) is 48.8 Å². The number of aromatic carboxylic acids is 1. The Balaban J connectivity index is 2.59. The highest BCUT2D eigenvalue weighted by Gasteiger charge is 2.19. The summed E-state index contributed by atoms with van der Waals surface area (Å²) in [6.07, 6.45) is 5.09. The molecule has 0 bridgehead atoms. The van der Waals surface area contributed by atoms with Crippen molar-refractivity contribution in [3.63, 3.8) is 0 Å². The molecule has 1 aliphatic rings. The molecule has 1 aliphatic carbocycles. The van der Waals surface area contributed by atoms with Gasteiger partial charge in [-0.3, -0.25) is 0 Å². The molecule has 0 amide bonds. The topological polar surface area (TPSA) is 37.3 Å². The van der Waals surface area contributed by atoms with E-state index in [1.54, 1.807) is 0 Å². The maximum Gasteiger partial charge on any atom is 0.336 e. The molecule has 0 unspecified atom stereocenters. The minimum absolute atomic E-state index is 0.578. The molecule has 2 nitrogen and oxygen atoms in total. The van der Waals surface area contributed by atoms with Gasteiger partial charge in [0.2, 0.25) is 0 Å². The SMILES string of the molecule is CCc1ccc2c(c1C(=O)O)CCCC2. The molecule has 15 heavy (non-hydrogen) atoms. The van der Waals surface area contributed by atoms with Crippen molar-refractivity contribution < 1.29 is 9.90 Å². The van der Waals surface area contributed by atoms with Gasteiger partial charge in [-0.25, -0.2) is 4.79 Å². The van der Waals surface area contributed by atoms with Crippen molar-refractivity contribution in [1.82, 2.24) is 0 Å². The van der Waals surface area contributed by atoms with Gasteiger partial charge in [-0.1, -0.05) is 19.1 Å². The van der Waals surface area contributed by atoms with E-state index in [0.717, 1.165) is 36.8 Å². The average Bonchev–Trinajstić information content (AvgIpc) is 2.27. The normalized spacial score (nSPS) is 14.7. The number of carboxylic acids is 1. The standard InChI is InChI=1S/C13H16O2/c1-2-9-7-8-10-5-3-4-6-11(10)12(9)13(14)15/h7-8H,2-6H2,1H3,(H,14,15). The average molecular weight is 204 g/mol. The second-order valence-electron chi connectivity index (χ2n) is 4.10. The number of benzene rings is 1. The van der Waals surface area contributed by atoms with E-state index in [2.05, 4.69) is 6.07 Å². The molecule has 0 fully saturated rings. The first-order valence-electron chi connectivity index (χ1n) is 5.61. The van der Waals surface area contributed by atoms with Crippen LogP contribution in [-0.4, -0.2) is 11.1 Å². The molecule has 0 spiro atoms. The van der Waals surface area contributed by atoms with Gasteiger partial charge in [0.1, 0.15) is 0 Å². The summed E-state index contributed by atoms with van der Waals surface area (Å²) in [5, 5.41) is 9.25. The Bertz CT molecular complexity index is 394. The van der Waals surface area contributed by atoms with E-state index in [-0.39, 0.29) is 0 Å². The first-order valence-corrected chi connectivity index (χ1v) is 5.61. The third-order valence-electron chi connectivity index (χ3n) is 3.21. The van der Waals surface area contributed by atoms with Crippen molar-refractivity contribution in [3.05, 3.63) is 34.4 Å². The van der Waals surface area contributed by atoms with Crippen LogP contribution in [0.25, 0.3) is 0 Å². The van der Waals surface area contributed by atoms with E-state index in [0.29, 0.717) is 5.56 Å². The number of fused-ring (bicyclic) bond motifs is 1. The first kappa shape index (κ1) is 10.2. The fourth-order valence-corrected chi connectivity index (χ4v) is 2.44. The Morgan fingerprint density at radius 2 is 2.07 bits per heavy atom.